The largest absolute Gasteiger partial charge is 0.372 e. The van der Waals surface area contributed by atoms with E-state index in [0.29, 0.717) is 12.2 Å². The summed E-state index contributed by atoms with van der Waals surface area (Å²) in [5.41, 5.74) is 2.06. The van der Waals surface area contributed by atoms with E-state index in [1.165, 1.54) is 0 Å². The maximum absolute atomic E-state index is 12.5. The number of nitrogens with one attached hydrogen (secondary N) is 2. The van der Waals surface area contributed by atoms with Crippen LogP contribution >= 0.6 is 0 Å². The zero-order valence-corrected chi connectivity index (χ0v) is 14.0. The normalized spacial score (nSPS) is 13.6. The molecule has 0 aliphatic rings. The van der Waals surface area contributed by atoms with E-state index >= 15 is 0 Å². The predicted octanol–water partition coefficient (Wildman–Crippen LogP) is 3.85. The van der Waals surface area contributed by atoms with Crippen molar-refractivity contribution in [1.82, 2.24) is 10.3 Å². The number of fused-ring (bicyclic) bond motifs is 1. The van der Waals surface area contributed by atoms with E-state index in [1.807, 2.05) is 60.7 Å². The minimum atomic E-state index is -0.525. The monoisotopic (exact) mass is 322 g/mol. The average Bonchev–Trinajstić information content (AvgIpc) is 3.08. The molecule has 2 N–H and O–H groups in total. The van der Waals surface area contributed by atoms with Gasteiger partial charge in [-0.3, -0.25) is 4.79 Å². The van der Waals surface area contributed by atoms with Gasteiger partial charge in [-0.05, 0) is 24.1 Å². The fraction of sp³-hybridized carbons (Fsp3) is 0.250. The highest BCUT2D eigenvalue weighted by atomic mass is 16.5. The fourth-order valence-corrected chi connectivity index (χ4v) is 3.02. The maximum Gasteiger partial charge on any atom is 0.267 e. The van der Waals surface area contributed by atoms with Crippen molar-refractivity contribution >= 4 is 16.8 Å². The van der Waals surface area contributed by atoms with Crippen LogP contribution in [0, 0.1) is 0 Å². The number of benzene rings is 2. The van der Waals surface area contributed by atoms with Gasteiger partial charge in [0.05, 0.1) is 6.54 Å². The maximum atomic E-state index is 12.5. The number of hydrogen-bond acceptors (Lipinski definition) is 2. The molecule has 0 saturated carbocycles. The summed E-state index contributed by atoms with van der Waals surface area (Å²) in [6, 6.07) is 19.7. The molecule has 3 rings (SSSR count). The van der Waals surface area contributed by atoms with E-state index in [0.717, 1.165) is 22.9 Å². The first-order valence-electron chi connectivity index (χ1n) is 8.15. The summed E-state index contributed by atoms with van der Waals surface area (Å²) in [7, 11) is 1.69. The van der Waals surface area contributed by atoms with Gasteiger partial charge >= 0.3 is 0 Å². The minimum Gasteiger partial charge on any atom is -0.372 e. The number of hydrogen-bond donors (Lipinski definition) is 2. The van der Waals surface area contributed by atoms with E-state index < -0.39 is 5.60 Å². The van der Waals surface area contributed by atoms with Crippen molar-refractivity contribution < 1.29 is 9.53 Å². The first kappa shape index (κ1) is 16.3. The third kappa shape index (κ3) is 3.05. The molecule has 2 aromatic carbocycles. The highest BCUT2D eigenvalue weighted by molar-refractivity contribution is 5.98. The van der Waals surface area contributed by atoms with Gasteiger partial charge in [0.2, 0.25) is 0 Å². The average molecular weight is 322 g/mol. The van der Waals surface area contributed by atoms with Crippen LogP contribution in [0.25, 0.3) is 10.9 Å². The van der Waals surface area contributed by atoms with E-state index in [-0.39, 0.29) is 5.91 Å². The summed E-state index contributed by atoms with van der Waals surface area (Å²) in [5.74, 6) is -0.128. The summed E-state index contributed by atoms with van der Waals surface area (Å²) in [6.45, 7) is 2.48. The number of carbonyl (C=O) groups is 1. The number of carbonyl (C=O) groups excluding carboxylic acids is 1. The second kappa shape index (κ2) is 6.89. The van der Waals surface area contributed by atoms with Crippen LogP contribution in [-0.4, -0.2) is 24.5 Å². The molecule has 24 heavy (non-hydrogen) atoms. The van der Waals surface area contributed by atoms with Gasteiger partial charge in [-0.2, -0.15) is 0 Å². The highest BCUT2D eigenvalue weighted by Crippen LogP contribution is 2.28. The fourth-order valence-electron chi connectivity index (χ4n) is 3.02. The lowest BCUT2D eigenvalue weighted by Gasteiger charge is -2.32. The van der Waals surface area contributed by atoms with E-state index in [9.17, 15) is 4.79 Å². The molecule has 124 valence electrons. The third-order valence-electron chi connectivity index (χ3n) is 4.57. The van der Waals surface area contributed by atoms with Crippen LogP contribution in [0.2, 0.25) is 0 Å². The summed E-state index contributed by atoms with van der Waals surface area (Å²) < 4.78 is 5.79. The lowest BCUT2D eigenvalue weighted by molar-refractivity contribution is -0.0164. The van der Waals surface area contributed by atoms with E-state index in [1.54, 1.807) is 7.11 Å². The quantitative estimate of drug-likeness (QED) is 0.724. The van der Waals surface area contributed by atoms with Crippen LogP contribution < -0.4 is 5.32 Å². The highest BCUT2D eigenvalue weighted by Gasteiger charge is 2.30. The molecule has 3 aromatic rings. The Morgan fingerprint density at radius 3 is 2.50 bits per heavy atom. The van der Waals surface area contributed by atoms with Gasteiger partial charge in [-0.25, -0.2) is 0 Å². The number of methoxy groups -OCH3 is 1. The molecule has 1 aromatic heterocycles. The van der Waals surface area contributed by atoms with Crippen molar-refractivity contribution in [3.05, 3.63) is 71.9 Å². The van der Waals surface area contributed by atoms with Crippen molar-refractivity contribution in [2.24, 2.45) is 0 Å². The molecule has 0 bridgehead atoms. The first-order chi connectivity index (χ1) is 11.7. The van der Waals surface area contributed by atoms with Crippen molar-refractivity contribution in [1.29, 1.82) is 0 Å². The van der Waals surface area contributed by atoms with Crippen LogP contribution in [0.5, 0.6) is 0 Å². The van der Waals surface area contributed by atoms with Gasteiger partial charge in [0, 0.05) is 18.0 Å². The number of amides is 1. The first-order valence-corrected chi connectivity index (χ1v) is 8.15. The SMILES string of the molecule is CC[C@](CNC(=O)c1cc2ccccc2[nH]1)(OC)c1ccccc1. The summed E-state index contributed by atoms with van der Waals surface area (Å²) >= 11 is 0. The topological polar surface area (TPSA) is 54.1 Å². The Morgan fingerprint density at radius 1 is 1.12 bits per heavy atom. The number of para-hydroxylation sites is 1. The molecule has 4 heteroatoms. The Bertz CT molecular complexity index is 787. The van der Waals surface area contributed by atoms with Crippen molar-refractivity contribution in [2.75, 3.05) is 13.7 Å². The van der Waals surface area contributed by atoms with Crippen LogP contribution in [-0.2, 0) is 10.3 Å². The number of aromatic amines is 1. The molecular formula is C20H22N2O2. The van der Waals surface area contributed by atoms with Gasteiger partial charge in [0.15, 0.2) is 0 Å². The molecule has 0 radical (unpaired) electrons. The molecule has 0 aliphatic heterocycles. The number of H-pyrrole nitrogens is 1. The Kier molecular flexibility index (Phi) is 4.67. The second-order valence-corrected chi connectivity index (χ2v) is 5.87. The van der Waals surface area contributed by atoms with Crippen LogP contribution in [0.1, 0.15) is 29.4 Å². The van der Waals surface area contributed by atoms with E-state index in [4.69, 9.17) is 4.74 Å². The van der Waals surface area contributed by atoms with Crippen LogP contribution in [0.3, 0.4) is 0 Å². The molecule has 0 aliphatic carbocycles. The smallest absolute Gasteiger partial charge is 0.267 e. The van der Waals surface area contributed by atoms with Crippen LogP contribution in [0.4, 0.5) is 0 Å². The minimum absolute atomic E-state index is 0.128. The van der Waals surface area contributed by atoms with Crippen molar-refractivity contribution in [3.63, 3.8) is 0 Å². The Labute approximate surface area is 141 Å². The standard InChI is InChI=1S/C20H22N2O2/c1-3-20(24-2,16-10-5-4-6-11-16)14-21-19(23)18-13-15-9-7-8-12-17(15)22-18/h4-13,22H,3,14H2,1-2H3,(H,21,23)/t20-/m1/s1. The lowest BCUT2D eigenvalue weighted by Crippen LogP contribution is -2.42. The molecule has 0 unspecified atom stereocenters. The molecule has 4 nitrogen and oxygen atoms in total. The summed E-state index contributed by atoms with van der Waals surface area (Å²) in [6.07, 6.45) is 0.764. The molecule has 0 fully saturated rings. The zero-order chi connectivity index (χ0) is 17.0. The number of aromatic nitrogens is 1. The van der Waals surface area contributed by atoms with Gasteiger partial charge in [-0.1, -0.05) is 55.5 Å². The Balaban J connectivity index is 1.78. The summed E-state index contributed by atoms with van der Waals surface area (Å²) in [5, 5.41) is 4.03. The number of ether oxygens (including phenoxy) is 1. The van der Waals surface area contributed by atoms with Gasteiger partial charge in [0.25, 0.3) is 5.91 Å². The van der Waals surface area contributed by atoms with Gasteiger partial charge in [0.1, 0.15) is 11.3 Å². The van der Waals surface area contributed by atoms with E-state index in [2.05, 4.69) is 17.2 Å². The zero-order valence-electron chi connectivity index (χ0n) is 14.0. The predicted molar refractivity (Wildman–Crippen MR) is 96.1 cm³/mol. The Hall–Kier alpha value is -2.59. The summed E-state index contributed by atoms with van der Waals surface area (Å²) in [4.78, 5) is 15.7. The van der Waals surface area contributed by atoms with Crippen molar-refractivity contribution in [2.45, 2.75) is 18.9 Å². The van der Waals surface area contributed by atoms with Crippen molar-refractivity contribution in [3.8, 4) is 0 Å². The third-order valence-corrected chi connectivity index (χ3v) is 4.57. The van der Waals surface area contributed by atoms with Gasteiger partial charge < -0.3 is 15.0 Å². The molecular weight excluding hydrogens is 300 g/mol. The molecule has 1 heterocycles. The Morgan fingerprint density at radius 2 is 1.83 bits per heavy atom. The molecule has 0 spiro atoms. The second-order valence-electron chi connectivity index (χ2n) is 5.87. The molecule has 0 saturated heterocycles. The van der Waals surface area contributed by atoms with Crippen LogP contribution in [0.15, 0.2) is 60.7 Å². The number of rotatable bonds is 6. The molecule has 1 amide bonds. The molecule has 1 atom stereocenters. The lowest BCUT2D eigenvalue weighted by atomic mass is 9.90. The van der Waals surface area contributed by atoms with Gasteiger partial charge in [-0.15, -0.1) is 0 Å².